The van der Waals surface area contributed by atoms with Crippen molar-refractivity contribution in [3.05, 3.63) is 0 Å². The maximum atomic E-state index is 11.4. The van der Waals surface area contributed by atoms with Crippen LogP contribution < -0.4 is 11.1 Å². The Hall–Kier alpha value is -0.650. The number of carbonyl (C=O) groups is 1. The van der Waals surface area contributed by atoms with Gasteiger partial charge in [-0.2, -0.15) is 0 Å². The summed E-state index contributed by atoms with van der Waals surface area (Å²) in [5.74, 6) is -0.201. The topological polar surface area (TPSA) is 61.6 Å². The lowest BCUT2D eigenvalue weighted by Crippen LogP contribution is -2.52. The van der Waals surface area contributed by atoms with Gasteiger partial charge >= 0.3 is 0 Å². The van der Waals surface area contributed by atoms with Gasteiger partial charge in [-0.25, -0.2) is 0 Å². The molecule has 1 aliphatic carbocycles. The van der Waals surface area contributed by atoms with Crippen LogP contribution >= 0.6 is 0 Å². The second-order valence-electron chi connectivity index (χ2n) is 6.03. The van der Waals surface area contributed by atoms with Crippen molar-refractivity contribution in [3.8, 4) is 0 Å². The van der Waals surface area contributed by atoms with Gasteiger partial charge < -0.3 is 20.9 Å². The highest BCUT2D eigenvalue weighted by Gasteiger charge is 2.28. The first kappa shape index (κ1) is 14.8. The number of piperazine rings is 1. The van der Waals surface area contributed by atoms with Gasteiger partial charge in [0.15, 0.2) is 0 Å². The average molecular weight is 268 g/mol. The minimum atomic E-state index is -0.201. The Morgan fingerprint density at radius 2 is 2.16 bits per heavy atom. The molecule has 0 aromatic rings. The molecule has 2 fully saturated rings. The molecule has 0 bridgehead atoms. The average Bonchev–Trinajstić information content (AvgIpc) is 3.19. The molecule has 2 atom stereocenters. The quantitative estimate of drug-likeness (QED) is 0.683. The van der Waals surface area contributed by atoms with E-state index in [2.05, 4.69) is 29.1 Å². The molecule has 1 saturated carbocycles. The number of primary amides is 1. The van der Waals surface area contributed by atoms with E-state index in [1.807, 2.05) is 0 Å². The molecule has 2 aliphatic rings. The van der Waals surface area contributed by atoms with Crippen LogP contribution in [0.2, 0.25) is 0 Å². The highest BCUT2D eigenvalue weighted by Crippen LogP contribution is 2.20. The van der Waals surface area contributed by atoms with Crippen LogP contribution in [-0.2, 0) is 4.79 Å². The third kappa shape index (κ3) is 4.44. The third-order valence-electron chi connectivity index (χ3n) is 4.42. The van der Waals surface area contributed by atoms with Crippen molar-refractivity contribution in [1.29, 1.82) is 0 Å². The Kier molecular flexibility index (Phi) is 5.19. The van der Waals surface area contributed by atoms with E-state index in [9.17, 15) is 4.79 Å². The summed E-state index contributed by atoms with van der Waals surface area (Å²) < 4.78 is 0. The molecule has 5 nitrogen and oxygen atoms in total. The number of hydrogen-bond donors (Lipinski definition) is 2. The zero-order valence-corrected chi connectivity index (χ0v) is 12.3. The molecule has 1 heterocycles. The highest BCUT2D eigenvalue weighted by atomic mass is 16.1. The molecule has 5 heteroatoms. The Labute approximate surface area is 116 Å². The fourth-order valence-corrected chi connectivity index (χ4v) is 2.81. The van der Waals surface area contributed by atoms with Gasteiger partial charge in [0.2, 0.25) is 5.91 Å². The summed E-state index contributed by atoms with van der Waals surface area (Å²) in [5.41, 5.74) is 5.48. The van der Waals surface area contributed by atoms with Crippen molar-refractivity contribution < 1.29 is 4.79 Å². The molecule has 110 valence electrons. The van der Waals surface area contributed by atoms with E-state index >= 15 is 0 Å². The molecule has 19 heavy (non-hydrogen) atoms. The molecule has 2 unspecified atom stereocenters. The van der Waals surface area contributed by atoms with Crippen LogP contribution in [0.25, 0.3) is 0 Å². The van der Waals surface area contributed by atoms with Crippen molar-refractivity contribution in [3.63, 3.8) is 0 Å². The summed E-state index contributed by atoms with van der Waals surface area (Å²) in [6.45, 7) is 6.54. The van der Waals surface area contributed by atoms with Crippen LogP contribution in [0.3, 0.4) is 0 Å². The lowest BCUT2D eigenvalue weighted by atomic mass is 10.1. The SMILES string of the molecule is CCC1CN(CCC(NC2CC2)C(N)=O)CCN1C. The Bertz CT molecular complexity index is 306. The number of hydrogen-bond acceptors (Lipinski definition) is 4. The zero-order valence-electron chi connectivity index (χ0n) is 12.3. The second-order valence-corrected chi connectivity index (χ2v) is 6.03. The van der Waals surface area contributed by atoms with Crippen LogP contribution in [0.4, 0.5) is 0 Å². The van der Waals surface area contributed by atoms with Crippen molar-refractivity contribution in [1.82, 2.24) is 15.1 Å². The van der Waals surface area contributed by atoms with Gasteiger partial charge in [0.05, 0.1) is 6.04 Å². The molecule has 1 saturated heterocycles. The van der Waals surface area contributed by atoms with Crippen LogP contribution in [0.15, 0.2) is 0 Å². The number of nitrogens with one attached hydrogen (secondary N) is 1. The summed E-state index contributed by atoms with van der Waals surface area (Å²) in [7, 11) is 2.20. The number of amides is 1. The summed E-state index contributed by atoms with van der Waals surface area (Å²) in [6.07, 6.45) is 4.41. The molecule has 0 aromatic heterocycles. The van der Waals surface area contributed by atoms with E-state index < -0.39 is 0 Å². The molecule has 0 radical (unpaired) electrons. The number of nitrogens with two attached hydrogens (primary N) is 1. The lowest BCUT2D eigenvalue weighted by molar-refractivity contribution is -0.120. The van der Waals surface area contributed by atoms with E-state index in [1.165, 1.54) is 19.3 Å². The van der Waals surface area contributed by atoms with Crippen LogP contribution in [0, 0.1) is 0 Å². The van der Waals surface area contributed by atoms with E-state index in [1.54, 1.807) is 0 Å². The summed E-state index contributed by atoms with van der Waals surface area (Å²) >= 11 is 0. The monoisotopic (exact) mass is 268 g/mol. The van der Waals surface area contributed by atoms with E-state index in [0.717, 1.165) is 32.6 Å². The maximum absolute atomic E-state index is 11.4. The number of rotatable bonds is 7. The number of nitrogens with zero attached hydrogens (tertiary/aromatic N) is 2. The molecule has 0 aromatic carbocycles. The van der Waals surface area contributed by atoms with E-state index in [4.69, 9.17) is 5.73 Å². The summed E-state index contributed by atoms with van der Waals surface area (Å²) in [4.78, 5) is 16.3. The van der Waals surface area contributed by atoms with Gasteiger partial charge in [-0.05, 0) is 32.7 Å². The molecular formula is C14H28N4O. The van der Waals surface area contributed by atoms with Gasteiger partial charge in [0.25, 0.3) is 0 Å². The predicted molar refractivity (Wildman–Crippen MR) is 76.9 cm³/mol. The van der Waals surface area contributed by atoms with Crippen molar-refractivity contribution in [2.24, 2.45) is 5.73 Å². The van der Waals surface area contributed by atoms with Crippen LogP contribution in [-0.4, -0.2) is 67.1 Å². The largest absolute Gasteiger partial charge is 0.368 e. The third-order valence-corrected chi connectivity index (χ3v) is 4.42. The lowest BCUT2D eigenvalue weighted by Gasteiger charge is -2.39. The molecule has 2 rings (SSSR count). The molecule has 3 N–H and O–H groups in total. The van der Waals surface area contributed by atoms with Crippen LogP contribution in [0.1, 0.15) is 32.6 Å². The molecule has 1 amide bonds. The minimum Gasteiger partial charge on any atom is -0.368 e. The Morgan fingerprint density at radius 1 is 1.42 bits per heavy atom. The normalized spacial score (nSPS) is 27.4. The molecule has 0 spiro atoms. The fourth-order valence-electron chi connectivity index (χ4n) is 2.81. The minimum absolute atomic E-state index is 0.146. The Morgan fingerprint density at radius 3 is 2.74 bits per heavy atom. The summed E-state index contributed by atoms with van der Waals surface area (Å²) in [6, 6.07) is 1.04. The van der Waals surface area contributed by atoms with Crippen molar-refractivity contribution >= 4 is 5.91 Å². The van der Waals surface area contributed by atoms with Gasteiger partial charge in [-0.1, -0.05) is 6.92 Å². The van der Waals surface area contributed by atoms with Gasteiger partial charge in [0.1, 0.15) is 0 Å². The Balaban J connectivity index is 1.75. The number of carbonyl (C=O) groups excluding carboxylic acids is 1. The van der Waals surface area contributed by atoms with Gasteiger partial charge in [-0.3, -0.25) is 4.79 Å². The first-order chi connectivity index (χ1) is 9.10. The van der Waals surface area contributed by atoms with Crippen molar-refractivity contribution in [2.75, 3.05) is 33.2 Å². The number of likely N-dealkylation sites (N-methyl/N-ethyl adjacent to an activating group) is 1. The predicted octanol–water partition coefficient (Wildman–Crippen LogP) is 0.00840. The van der Waals surface area contributed by atoms with Crippen molar-refractivity contribution in [2.45, 2.75) is 50.7 Å². The van der Waals surface area contributed by atoms with E-state index in [0.29, 0.717) is 12.1 Å². The summed E-state index contributed by atoms with van der Waals surface area (Å²) in [5, 5.41) is 3.35. The standard InChI is InChI=1S/C14H28N4O/c1-3-12-10-18(9-8-17(12)2)7-6-13(14(15)19)16-11-4-5-11/h11-13,16H,3-10H2,1-2H3,(H2,15,19). The van der Waals surface area contributed by atoms with Gasteiger partial charge in [-0.15, -0.1) is 0 Å². The van der Waals surface area contributed by atoms with Crippen LogP contribution in [0.5, 0.6) is 0 Å². The fraction of sp³-hybridized carbons (Fsp3) is 0.929. The zero-order chi connectivity index (χ0) is 13.8. The van der Waals surface area contributed by atoms with Gasteiger partial charge in [0, 0.05) is 38.3 Å². The van der Waals surface area contributed by atoms with E-state index in [-0.39, 0.29) is 11.9 Å². The molecule has 1 aliphatic heterocycles. The highest BCUT2D eigenvalue weighted by molar-refractivity contribution is 5.79. The maximum Gasteiger partial charge on any atom is 0.234 e. The second kappa shape index (κ2) is 6.68. The smallest absolute Gasteiger partial charge is 0.234 e. The first-order valence-corrected chi connectivity index (χ1v) is 7.58. The first-order valence-electron chi connectivity index (χ1n) is 7.58. The molecular weight excluding hydrogens is 240 g/mol.